The van der Waals surface area contributed by atoms with Crippen LogP contribution in [0.3, 0.4) is 0 Å². The van der Waals surface area contributed by atoms with E-state index in [0.29, 0.717) is 23.4 Å². The first-order valence-electron chi connectivity index (χ1n) is 6.10. The Labute approximate surface area is 111 Å². The highest BCUT2D eigenvalue weighted by molar-refractivity contribution is 5.56. The summed E-state index contributed by atoms with van der Waals surface area (Å²) in [5, 5.41) is 13.6. The summed E-state index contributed by atoms with van der Waals surface area (Å²) in [6.07, 6.45) is 1.45. The molecule has 0 saturated heterocycles. The van der Waals surface area contributed by atoms with Gasteiger partial charge in [0.25, 0.3) is 0 Å². The number of para-hydroxylation sites is 1. The third-order valence-electron chi connectivity index (χ3n) is 2.36. The molecule has 0 bridgehead atoms. The van der Waals surface area contributed by atoms with Crippen LogP contribution in [0, 0.1) is 11.7 Å². The van der Waals surface area contributed by atoms with Gasteiger partial charge in [-0.2, -0.15) is 10.1 Å². The summed E-state index contributed by atoms with van der Waals surface area (Å²) in [6, 6.07) is 6.40. The summed E-state index contributed by atoms with van der Waals surface area (Å²) < 4.78 is 13.5. The van der Waals surface area contributed by atoms with Gasteiger partial charge in [-0.3, -0.25) is 0 Å². The quantitative estimate of drug-likeness (QED) is 0.866. The van der Waals surface area contributed by atoms with E-state index in [1.165, 1.54) is 12.3 Å². The Kier molecular flexibility index (Phi) is 4.22. The van der Waals surface area contributed by atoms with Crippen molar-refractivity contribution in [2.24, 2.45) is 5.92 Å². The maximum atomic E-state index is 13.5. The normalized spacial score (nSPS) is 10.5. The van der Waals surface area contributed by atoms with Crippen molar-refractivity contribution >= 4 is 17.5 Å². The molecule has 0 spiro atoms. The van der Waals surface area contributed by atoms with Crippen molar-refractivity contribution in [1.29, 1.82) is 0 Å². The largest absolute Gasteiger partial charge is 0.353 e. The molecule has 1 aromatic heterocycles. The second-order valence-electron chi connectivity index (χ2n) is 4.54. The van der Waals surface area contributed by atoms with Crippen LogP contribution in [-0.4, -0.2) is 21.7 Å². The van der Waals surface area contributed by atoms with E-state index in [0.717, 1.165) is 6.54 Å². The van der Waals surface area contributed by atoms with E-state index < -0.39 is 0 Å². The minimum atomic E-state index is -0.335. The fourth-order valence-corrected chi connectivity index (χ4v) is 1.43. The first-order chi connectivity index (χ1) is 9.15. The second kappa shape index (κ2) is 6.08. The molecule has 0 fully saturated rings. The van der Waals surface area contributed by atoms with Crippen molar-refractivity contribution < 1.29 is 4.39 Å². The average Bonchev–Trinajstić information content (AvgIpc) is 2.40. The zero-order chi connectivity index (χ0) is 13.7. The third kappa shape index (κ3) is 3.87. The van der Waals surface area contributed by atoms with E-state index in [1.54, 1.807) is 18.2 Å². The zero-order valence-corrected chi connectivity index (χ0v) is 10.9. The Balaban J connectivity index is 2.09. The molecule has 2 aromatic rings. The summed E-state index contributed by atoms with van der Waals surface area (Å²) in [6.45, 7) is 4.93. The van der Waals surface area contributed by atoms with Crippen LogP contribution in [0.2, 0.25) is 0 Å². The Hall–Kier alpha value is -2.24. The van der Waals surface area contributed by atoms with Gasteiger partial charge in [0, 0.05) is 6.54 Å². The van der Waals surface area contributed by atoms with Gasteiger partial charge in [0.15, 0.2) is 5.82 Å². The number of aromatic nitrogens is 3. The second-order valence-corrected chi connectivity index (χ2v) is 4.54. The van der Waals surface area contributed by atoms with Gasteiger partial charge in [-0.25, -0.2) is 4.39 Å². The highest BCUT2D eigenvalue weighted by Crippen LogP contribution is 2.17. The SMILES string of the molecule is CC(C)CNc1nncc(Nc2ccccc2F)n1. The number of benzene rings is 1. The molecule has 1 heterocycles. The van der Waals surface area contributed by atoms with Crippen molar-refractivity contribution in [3.63, 3.8) is 0 Å². The van der Waals surface area contributed by atoms with Crippen molar-refractivity contribution in [2.45, 2.75) is 13.8 Å². The van der Waals surface area contributed by atoms with E-state index in [1.807, 2.05) is 0 Å². The van der Waals surface area contributed by atoms with Gasteiger partial charge in [-0.05, 0) is 18.1 Å². The smallest absolute Gasteiger partial charge is 0.244 e. The molecule has 0 amide bonds. The molecule has 2 N–H and O–H groups in total. The molecule has 0 aliphatic rings. The van der Waals surface area contributed by atoms with E-state index in [9.17, 15) is 4.39 Å². The Bertz CT molecular complexity index is 544. The van der Waals surface area contributed by atoms with Crippen LogP contribution in [0.15, 0.2) is 30.5 Å². The molecule has 6 heteroatoms. The number of hydrogen-bond donors (Lipinski definition) is 2. The van der Waals surface area contributed by atoms with Crippen molar-refractivity contribution in [3.05, 3.63) is 36.3 Å². The first-order valence-corrected chi connectivity index (χ1v) is 6.10. The number of anilines is 3. The van der Waals surface area contributed by atoms with Crippen LogP contribution in [0.4, 0.5) is 21.8 Å². The maximum absolute atomic E-state index is 13.5. The predicted molar refractivity (Wildman–Crippen MR) is 72.8 cm³/mol. The summed E-state index contributed by atoms with van der Waals surface area (Å²) in [5.41, 5.74) is 0.359. The van der Waals surface area contributed by atoms with E-state index in [4.69, 9.17) is 0 Å². The minimum absolute atomic E-state index is 0.335. The van der Waals surface area contributed by atoms with Crippen LogP contribution in [0.1, 0.15) is 13.8 Å². The molecular formula is C13H16FN5. The van der Waals surface area contributed by atoms with E-state index >= 15 is 0 Å². The van der Waals surface area contributed by atoms with Crippen molar-refractivity contribution in [1.82, 2.24) is 15.2 Å². The Morgan fingerprint density at radius 3 is 2.79 bits per heavy atom. The summed E-state index contributed by atoms with van der Waals surface area (Å²) >= 11 is 0. The van der Waals surface area contributed by atoms with Gasteiger partial charge in [0.2, 0.25) is 5.95 Å². The highest BCUT2D eigenvalue weighted by Gasteiger charge is 2.04. The molecule has 0 atom stereocenters. The molecule has 0 radical (unpaired) electrons. The molecule has 100 valence electrons. The fourth-order valence-electron chi connectivity index (χ4n) is 1.43. The zero-order valence-electron chi connectivity index (χ0n) is 10.9. The molecule has 1 aromatic carbocycles. The lowest BCUT2D eigenvalue weighted by Crippen LogP contribution is -2.11. The Morgan fingerprint density at radius 2 is 2.05 bits per heavy atom. The summed E-state index contributed by atoms with van der Waals surface area (Å²) in [5.74, 6) is 1.02. The number of hydrogen-bond acceptors (Lipinski definition) is 5. The van der Waals surface area contributed by atoms with Crippen molar-refractivity contribution in [2.75, 3.05) is 17.2 Å². The molecule has 0 unspecified atom stereocenters. The van der Waals surface area contributed by atoms with Crippen LogP contribution < -0.4 is 10.6 Å². The Morgan fingerprint density at radius 1 is 1.26 bits per heavy atom. The summed E-state index contributed by atoms with van der Waals surface area (Å²) in [4.78, 5) is 4.22. The third-order valence-corrected chi connectivity index (χ3v) is 2.36. The lowest BCUT2D eigenvalue weighted by molar-refractivity contribution is 0.631. The molecule has 2 rings (SSSR count). The number of rotatable bonds is 5. The molecule has 0 saturated carbocycles. The van der Waals surface area contributed by atoms with Gasteiger partial charge >= 0.3 is 0 Å². The van der Waals surface area contributed by atoms with E-state index in [-0.39, 0.29) is 5.82 Å². The predicted octanol–water partition coefficient (Wildman–Crippen LogP) is 2.82. The topological polar surface area (TPSA) is 62.7 Å². The number of halogens is 1. The fraction of sp³-hybridized carbons (Fsp3) is 0.308. The number of nitrogens with one attached hydrogen (secondary N) is 2. The molecule has 0 aliphatic heterocycles. The minimum Gasteiger partial charge on any atom is -0.353 e. The lowest BCUT2D eigenvalue weighted by Gasteiger charge is -2.09. The van der Waals surface area contributed by atoms with Crippen LogP contribution in [0.5, 0.6) is 0 Å². The van der Waals surface area contributed by atoms with Gasteiger partial charge in [0.05, 0.1) is 11.9 Å². The van der Waals surface area contributed by atoms with E-state index in [2.05, 4.69) is 39.7 Å². The van der Waals surface area contributed by atoms with Gasteiger partial charge in [0.1, 0.15) is 5.82 Å². The van der Waals surface area contributed by atoms with Crippen molar-refractivity contribution in [3.8, 4) is 0 Å². The van der Waals surface area contributed by atoms with Gasteiger partial charge in [-0.15, -0.1) is 5.10 Å². The molecule has 0 aliphatic carbocycles. The standard InChI is InChI=1S/C13H16FN5/c1-9(2)7-15-13-18-12(8-16-19-13)17-11-6-4-3-5-10(11)14/h3-6,8-9H,7H2,1-2H3,(H2,15,17,18,19). The number of nitrogens with zero attached hydrogens (tertiary/aromatic N) is 3. The molecule has 19 heavy (non-hydrogen) atoms. The van der Waals surface area contributed by atoms with Crippen LogP contribution in [0.25, 0.3) is 0 Å². The molecular weight excluding hydrogens is 245 g/mol. The van der Waals surface area contributed by atoms with Crippen LogP contribution in [-0.2, 0) is 0 Å². The van der Waals surface area contributed by atoms with Gasteiger partial charge in [-0.1, -0.05) is 26.0 Å². The summed E-state index contributed by atoms with van der Waals surface area (Å²) in [7, 11) is 0. The average molecular weight is 261 g/mol. The highest BCUT2D eigenvalue weighted by atomic mass is 19.1. The van der Waals surface area contributed by atoms with Crippen LogP contribution >= 0.6 is 0 Å². The van der Waals surface area contributed by atoms with Gasteiger partial charge < -0.3 is 10.6 Å². The lowest BCUT2D eigenvalue weighted by atomic mass is 10.2. The monoisotopic (exact) mass is 261 g/mol. The first kappa shape index (κ1) is 13.2. The molecule has 5 nitrogen and oxygen atoms in total. The maximum Gasteiger partial charge on any atom is 0.244 e.